The number of aromatic nitrogens is 1. The van der Waals surface area contributed by atoms with Crippen LogP contribution in [0.4, 0.5) is 5.69 Å². The lowest BCUT2D eigenvalue weighted by molar-refractivity contribution is -0.605. The van der Waals surface area contributed by atoms with Gasteiger partial charge in [0, 0.05) is 24.9 Å². The fourth-order valence-corrected chi connectivity index (χ4v) is 1.88. The molecule has 0 radical (unpaired) electrons. The molecule has 0 bridgehead atoms. The summed E-state index contributed by atoms with van der Waals surface area (Å²) in [6, 6.07) is 11.7. The number of carbonyl (C=O) groups excluding carboxylic acids is 2. The number of pyridine rings is 1. The van der Waals surface area contributed by atoms with Crippen LogP contribution in [0.1, 0.15) is 17.3 Å². The van der Waals surface area contributed by atoms with Gasteiger partial charge in [0.05, 0.1) is 5.56 Å². The number of anilines is 1. The third-order valence-electron chi connectivity index (χ3n) is 3.14. The Morgan fingerprint density at radius 2 is 1.73 bits per heavy atom. The molecule has 0 unspecified atom stereocenters. The smallest absolute Gasteiger partial charge is 0.339 e. The Kier molecular flexibility index (Phi) is 4.73. The summed E-state index contributed by atoms with van der Waals surface area (Å²) < 4.78 is 5.70. The van der Waals surface area contributed by atoms with Crippen molar-refractivity contribution in [1.82, 2.24) is 0 Å². The van der Waals surface area contributed by atoms with Gasteiger partial charge in [-0.3, -0.25) is 4.79 Å². The molecule has 22 heavy (non-hydrogen) atoms. The highest BCUT2D eigenvalue weighted by Crippen LogP contribution is 2.13. The highest BCUT2D eigenvalue weighted by atomic mass is 16.5. The molecule has 2 aromatic rings. The van der Waals surface area contributed by atoms with E-state index in [-0.39, 0.29) is 11.5 Å². The van der Waals surface area contributed by atoms with E-state index in [0.717, 1.165) is 0 Å². The first-order chi connectivity index (χ1) is 10.5. The lowest BCUT2D eigenvalue weighted by atomic mass is 10.2. The van der Waals surface area contributed by atoms with E-state index in [9.17, 15) is 14.8 Å². The molecule has 6 heteroatoms. The van der Waals surface area contributed by atoms with Gasteiger partial charge in [0.2, 0.25) is 0 Å². The second kappa shape index (κ2) is 6.71. The van der Waals surface area contributed by atoms with Crippen LogP contribution in [-0.2, 0) is 9.53 Å². The van der Waals surface area contributed by atoms with E-state index in [1.54, 1.807) is 19.2 Å². The predicted octanol–water partition coefficient (Wildman–Crippen LogP) is 1.53. The lowest BCUT2D eigenvalue weighted by Crippen LogP contribution is -2.37. The SMILES string of the molecule is C[C@H](OC(=O)c1cc[n+]([O-])cc1)C(=O)N(C)c1ccccc1. The molecule has 2 rings (SSSR count). The van der Waals surface area contributed by atoms with Crippen molar-refractivity contribution in [3.05, 3.63) is 65.6 Å². The number of rotatable bonds is 4. The summed E-state index contributed by atoms with van der Waals surface area (Å²) in [6.45, 7) is 1.51. The topological polar surface area (TPSA) is 73.5 Å². The summed E-state index contributed by atoms with van der Waals surface area (Å²) in [5.41, 5.74) is 0.927. The average Bonchev–Trinajstić information content (AvgIpc) is 2.54. The van der Waals surface area contributed by atoms with Crippen LogP contribution >= 0.6 is 0 Å². The minimum absolute atomic E-state index is 0.217. The van der Waals surface area contributed by atoms with Gasteiger partial charge in [-0.25, -0.2) is 4.79 Å². The molecule has 0 saturated carbocycles. The van der Waals surface area contributed by atoms with Crippen LogP contribution in [0.3, 0.4) is 0 Å². The van der Waals surface area contributed by atoms with Crippen LogP contribution in [0.15, 0.2) is 54.9 Å². The Balaban J connectivity index is 2.02. The van der Waals surface area contributed by atoms with E-state index >= 15 is 0 Å². The summed E-state index contributed by atoms with van der Waals surface area (Å²) in [5.74, 6) is -0.989. The first-order valence-corrected chi connectivity index (χ1v) is 6.71. The quantitative estimate of drug-likeness (QED) is 0.487. The number of amides is 1. The van der Waals surface area contributed by atoms with E-state index in [0.29, 0.717) is 10.4 Å². The van der Waals surface area contributed by atoms with Gasteiger partial charge in [-0.2, -0.15) is 4.73 Å². The molecule has 1 amide bonds. The van der Waals surface area contributed by atoms with Gasteiger partial charge in [0.1, 0.15) is 0 Å². The molecule has 114 valence electrons. The van der Waals surface area contributed by atoms with Crippen molar-refractivity contribution in [2.45, 2.75) is 13.0 Å². The summed E-state index contributed by atoms with van der Waals surface area (Å²) in [7, 11) is 1.62. The monoisotopic (exact) mass is 300 g/mol. The van der Waals surface area contributed by atoms with E-state index in [2.05, 4.69) is 0 Å². The van der Waals surface area contributed by atoms with E-state index < -0.39 is 12.1 Å². The number of esters is 1. The largest absolute Gasteiger partial charge is 0.619 e. The molecular weight excluding hydrogens is 284 g/mol. The van der Waals surface area contributed by atoms with Crippen molar-refractivity contribution in [2.24, 2.45) is 0 Å². The van der Waals surface area contributed by atoms with Crippen LogP contribution < -0.4 is 9.63 Å². The molecule has 0 aliphatic rings. The first-order valence-electron chi connectivity index (χ1n) is 6.71. The molecule has 6 nitrogen and oxygen atoms in total. The number of nitrogens with zero attached hydrogens (tertiary/aromatic N) is 2. The van der Waals surface area contributed by atoms with Crippen LogP contribution in [0.5, 0.6) is 0 Å². The minimum atomic E-state index is -0.933. The molecule has 1 aromatic heterocycles. The first kappa shape index (κ1) is 15.5. The molecule has 0 aliphatic carbocycles. The zero-order valence-corrected chi connectivity index (χ0v) is 12.3. The van der Waals surface area contributed by atoms with Crippen LogP contribution in [0, 0.1) is 5.21 Å². The summed E-state index contributed by atoms with van der Waals surface area (Å²) in [5, 5.41) is 10.9. The van der Waals surface area contributed by atoms with E-state index in [1.165, 1.54) is 36.4 Å². The summed E-state index contributed by atoms with van der Waals surface area (Å²) >= 11 is 0. The number of ether oxygens (including phenoxy) is 1. The Hall–Kier alpha value is -2.89. The molecule has 1 heterocycles. The van der Waals surface area contributed by atoms with Crippen LogP contribution in [0.25, 0.3) is 0 Å². The number of para-hydroxylation sites is 1. The fourth-order valence-electron chi connectivity index (χ4n) is 1.88. The van der Waals surface area contributed by atoms with Crippen molar-refractivity contribution < 1.29 is 19.1 Å². The maximum absolute atomic E-state index is 12.3. The maximum Gasteiger partial charge on any atom is 0.339 e. The Bertz CT molecular complexity index is 656. The molecule has 0 spiro atoms. The average molecular weight is 300 g/mol. The number of carbonyl (C=O) groups is 2. The van der Waals surface area contributed by atoms with Crippen LogP contribution in [-0.4, -0.2) is 25.0 Å². The zero-order chi connectivity index (χ0) is 16.1. The third kappa shape index (κ3) is 3.60. The molecular formula is C16H16N2O4. The molecule has 0 N–H and O–H groups in total. The molecule has 1 aromatic carbocycles. The molecule has 0 saturated heterocycles. The van der Waals surface area contributed by atoms with Crippen molar-refractivity contribution >= 4 is 17.6 Å². The predicted molar refractivity (Wildman–Crippen MR) is 80.1 cm³/mol. The summed E-state index contributed by atoms with van der Waals surface area (Å²) in [6.07, 6.45) is 1.45. The summed E-state index contributed by atoms with van der Waals surface area (Å²) in [4.78, 5) is 25.6. The van der Waals surface area contributed by atoms with Gasteiger partial charge in [-0.1, -0.05) is 18.2 Å². The van der Waals surface area contributed by atoms with E-state index in [4.69, 9.17) is 4.74 Å². The Morgan fingerprint density at radius 3 is 2.32 bits per heavy atom. The second-order valence-corrected chi connectivity index (χ2v) is 4.73. The van der Waals surface area contributed by atoms with Gasteiger partial charge in [-0.15, -0.1) is 0 Å². The molecule has 0 fully saturated rings. The minimum Gasteiger partial charge on any atom is -0.619 e. The third-order valence-corrected chi connectivity index (χ3v) is 3.14. The van der Waals surface area contributed by atoms with E-state index in [1.807, 2.05) is 18.2 Å². The van der Waals surface area contributed by atoms with Crippen molar-refractivity contribution in [3.63, 3.8) is 0 Å². The number of benzene rings is 1. The standard InChI is InChI=1S/C16H16N2O4/c1-12(15(19)17(2)14-6-4-3-5-7-14)22-16(20)13-8-10-18(21)11-9-13/h3-12H,1-2H3/t12-/m0/s1. The van der Waals surface area contributed by atoms with Crippen LogP contribution in [0.2, 0.25) is 0 Å². The van der Waals surface area contributed by atoms with Gasteiger partial charge >= 0.3 is 5.97 Å². The number of hydrogen-bond donors (Lipinski definition) is 0. The Labute approximate surface area is 128 Å². The van der Waals surface area contributed by atoms with Crippen molar-refractivity contribution in [1.29, 1.82) is 0 Å². The zero-order valence-electron chi connectivity index (χ0n) is 12.3. The van der Waals surface area contributed by atoms with Crippen molar-refractivity contribution in [2.75, 3.05) is 11.9 Å². The van der Waals surface area contributed by atoms with Gasteiger partial charge in [0.15, 0.2) is 18.5 Å². The second-order valence-electron chi connectivity index (χ2n) is 4.73. The normalized spacial score (nSPS) is 11.5. The molecule has 0 aliphatic heterocycles. The number of hydrogen-bond acceptors (Lipinski definition) is 4. The van der Waals surface area contributed by atoms with Gasteiger partial charge in [0.25, 0.3) is 5.91 Å². The highest BCUT2D eigenvalue weighted by Gasteiger charge is 2.23. The highest BCUT2D eigenvalue weighted by molar-refractivity contribution is 5.98. The maximum atomic E-state index is 12.3. The van der Waals surface area contributed by atoms with Crippen molar-refractivity contribution in [3.8, 4) is 0 Å². The van der Waals surface area contributed by atoms with Gasteiger partial charge < -0.3 is 14.8 Å². The Morgan fingerprint density at radius 1 is 1.14 bits per heavy atom. The van der Waals surface area contributed by atoms with Gasteiger partial charge in [-0.05, 0) is 19.1 Å². The lowest BCUT2D eigenvalue weighted by Gasteiger charge is -2.21. The molecule has 1 atom stereocenters. The fraction of sp³-hybridized carbons (Fsp3) is 0.188. The number of likely N-dealkylation sites (N-methyl/N-ethyl adjacent to an activating group) is 1.